The number of carboxylic acid groups (broad SMARTS) is 2. The van der Waals surface area contributed by atoms with Gasteiger partial charge in [0.05, 0.1) is 49.7 Å². The van der Waals surface area contributed by atoms with Crippen molar-refractivity contribution in [3.8, 4) is 22.9 Å². The molecule has 0 bridgehead atoms. The minimum absolute atomic E-state index is 0.177. The molecule has 0 unspecified atom stereocenters. The number of benzene rings is 5. The summed E-state index contributed by atoms with van der Waals surface area (Å²) in [6.45, 7) is 0. The van der Waals surface area contributed by atoms with Gasteiger partial charge in [0.2, 0.25) is 5.95 Å². The number of H-pyrrole nitrogens is 1. The van der Waals surface area contributed by atoms with Gasteiger partial charge in [-0.05, 0) is 60.4 Å². The Labute approximate surface area is 406 Å². The van der Waals surface area contributed by atoms with E-state index in [-0.39, 0.29) is 22.3 Å². The number of pyridine rings is 1. The van der Waals surface area contributed by atoms with Crippen molar-refractivity contribution in [2.24, 2.45) is 0 Å². The Morgan fingerprint density at radius 3 is 1.78 bits per heavy atom. The third-order valence-corrected chi connectivity index (χ3v) is 14.4. The maximum absolute atomic E-state index is 14.7. The number of aromatic carboxylic acids is 2. The Morgan fingerprint density at radius 1 is 0.611 bits per heavy atom. The van der Waals surface area contributed by atoms with Gasteiger partial charge in [0.25, 0.3) is 46.0 Å². The first-order valence-electron chi connectivity index (χ1n) is 19.3. The predicted octanol–water partition coefficient (Wildman–Crippen LogP) is 4.54. The first-order chi connectivity index (χ1) is 33.5. The van der Waals surface area contributed by atoms with E-state index in [2.05, 4.69) is 30.6 Å². The number of aromatic nitrogens is 4. The molecule has 31 heteroatoms. The van der Waals surface area contributed by atoms with Crippen molar-refractivity contribution in [2.75, 3.05) is 16.9 Å². The quantitative estimate of drug-likeness (QED) is 0.0386. The van der Waals surface area contributed by atoms with E-state index in [1.807, 2.05) is 0 Å². The second-order valence-electron chi connectivity index (χ2n) is 14.9. The summed E-state index contributed by atoms with van der Waals surface area (Å²) >= 11 is 0.827. The van der Waals surface area contributed by atoms with Gasteiger partial charge in [0, 0.05) is 22.1 Å². The average Bonchev–Trinajstić information content (AvgIpc) is 3.28. The van der Waals surface area contributed by atoms with E-state index in [1.54, 1.807) is 0 Å². The van der Waals surface area contributed by atoms with Crippen LogP contribution in [-0.2, 0) is 40.5 Å². The molecule has 0 saturated heterocycles. The molecule has 5 aromatic carbocycles. The van der Waals surface area contributed by atoms with Gasteiger partial charge in [-0.1, -0.05) is 48.2 Å². The van der Waals surface area contributed by atoms with Crippen LogP contribution in [0.25, 0.3) is 22.0 Å². The fraction of sp³-hybridized carbons (Fsp3) is 0.0244. The summed E-state index contributed by atoms with van der Waals surface area (Å²) < 4.78 is 149. The number of ether oxygens (including phenoxy) is 1. The van der Waals surface area contributed by atoms with Crippen molar-refractivity contribution in [3.05, 3.63) is 129 Å². The smallest absolute Gasteiger partial charge is 0.335 e. The van der Waals surface area contributed by atoms with Crippen LogP contribution in [0, 0.1) is 0 Å². The molecule has 26 nitrogen and oxygen atoms in total. The Kier molecular flexibility index (Phi) is 12.6. The van der Waals surface area contributed by atoms with Crippen LogP contribution in [0.1, 0.15) is 52.6 Å². The molecule has 0 aliphatic heterocycles. The van der Waals surface area contributed by atoms with Crippen LogP contribution in [0.4, 0.5) is 23.0 Å². The number of hydrogen-bond donors (Lipinski definition) is 9. The zero-order valence-electron chi connectivity index (χ0n) is 35.4. The van der Waals surface area contributed by atoms with Gasteiger partial charge in [-0.25, -0.2) is 9.59 Å². The highest BCUT2D eigenvalue weighted by molar-refractivity contribution is 7.98. The number of carbonyl (C=O) groups excluding carboxylic acids is 2. The molecular formula is C41H26N6O20S5. The van der Waals surface area contributed by atoms with Crippen molar-refractivity contribution in [1.82, 2.24) is 19.9 Å². The van der Waals surface area contributed by atoms with Gasteiger partial charge in [-0.2, -0.15) is 48.6 Å². The summed E-state index contributed by atoms with van der Waals surface area (Å²) in [7, 11) is -21.6. The van der Waals surface area contributed by atoms with Crippen LogP contribution in [0.15, 0.2) is 114 Å². The highest BCUT2D eigenvalue weighted by Gasteiger charge is 2.37. The van der Waals surface area contributed by atoms with Crippen molar-refractivity contribution >= 4 is 110 Å². The molecule has 72 heavy (non-hydrogen) atoms. The Morgan fingerprint density at radius 2 is 1.21 bits per heavy atom. The van der Waals surface area contributed by atoms with Gasteiger partial charge in [0.15, 0.2) is 16.7 Å². The van der Waals surface area contributed by atoms with E-state index >= 15 is 0 Å². The van der Waals surface area contributed by atoms with Crippen molar-refractivity contribution < 1.29 is 86.0 Å². The lowest BCUT2D eigenvalue weighted by molar-refractivity contribution is 0.0695. The van der Waals surface area contributed by atoms with Gasteiger partial charge in [0.1, 0.15) is 20.4 Å². The van der Waals surface area contributed by atoms with Gasteiger partial charge in [-0.3, -0.25) is 32.6 Å². The standard InChI is InChI=1S/C41H26N6O20S5/c1-68-41-46-39(45-40(47-41)67-19-10-17(37(51)52)9-18(11-19)38(53)54)43-24-13-23(26(70(58,59)60)15-27(24)71(61,62)63)42-25-14-28(72(64,65)66)33-31-29(21-7-2-3-8-22(21)35(49)30(25)31)32(36(50)44-33)34(48)16-5-4-6-20(12-16)69(55,56)57/h2-15,42H,1H3,(H,44,50)(H,51,52)(H,53,54)(H,55,56,57)(H,58,59,60)(H,61,62,63)(H,64,65,66)(H,43,45,46,47). The summed E-state index contributed by atoms with van der Waals surface area (Å²) in [5.41, 5.74) is -8.64. The molecule has 1 aliphatic carbocycles. The molecule has 0 atom stereocenters. The number of carbonyl (C=O) groups is 4. The maximum Gasteiger partial charge on any atom is 0.335 e. The largest absolute Gasteiger partial charge is 0.478 e. The molecule has 9 N–H and O–H groups in total. The molecule has 0 amide bonds. The number of nitrogens with one attached hydrogen (secondary N) is 3. The SMILES string of the molecule is CSc1nc(Nc2cc(Nc3cc(S(=O)(=O)O)c4[nH]c(=O)c(C(=O)c5cccc(S(=O)(=O)O)c5)c5c4c3C(=O)c3ccccc3-5)c(S(=O)(=O)O)cc2S(=O)(=O)O)nc(Oc2cc(C(=O)O)cc(C(=O)O)c2)n1. The number of fused-ring (bicyclic) bond motifs is 2. The molecule has 2 heterocycles. The lowest BCUT2D eigenvalue weighted by atomic mass is 9.80. The number of rotatable bonds is 15. The highest BCUT2D eigenvalue weighted by Crippen LogP contribution is 2.47. The fourth-order valence-corrected chi connectivity index (χ4v) is 10.4. The summed E-state index contributed by atoms with van der Waals surface area (Å²) in [4.78, 5) is 76.0. The van der Waals surface area contributed by atoms with E-state index < -0.39 is 168 Å². The number of anilines is 4. The minimum Gasteiger partial charge on any atom is -0.478 e. The van der Waals surface area contributed by atoms with Crippen LogP contribution in [-0.4, -0.2) is 112 Å². The van der Waals surface area contributed by atoms with Crippen molar-refractivity contribution in [1.29, 1.82) is 0 Å². The lowest BCUT2D eigenvalue weighted by Gasteiger charge is -2.25. The zero-order chi connectivity index (χ0) is 52.6. The Balaban J connectivity index is 1.37. The summed E-state index contributed by atoms with van der Waals surface area (Å²) in [5.74, 6) is -6.43. The molecule has 0 saturated carbocycles. The Hall–Kier alpha value is -8.01. The Bertz CT molecular complexity index is 4110. The molecule has 370 valence electrons. The first-order valence-corrected chi connectivity index (χ1v) is 26.3. The first kappa shape index (κ1) is 50.4. The number of nitrogens with zero attached hydrogens (tertiary/aromatic N) is 3. The lowest BCUT2D eigenvalue weighted by Crippen LogP contribution is -2.25. The number of hydrogen-bond acceptors (Lipinski definition) is 20. The maximum atomic E-state index is 14.7. The molecular weight excluding hydrogens is 1060 g/mol. The number of ketones is 2. The predicted molar refractivity (Wildman–Crippen MR) is 248 cm³/mol. The summed E-state index contributed by atoms with van der Waals surface area (Å²) in [6.07, 6.45) is 1.45. The van der Waals surface area contributed by atoms with E-state index in [4.69, 9.17) is 4.74 Å². The number of aromatic amines is 1. The zero-order valence-corrected chi connectivity index (χ0v) is 39.4. The highest BCUT2D eigenvalue weighted by atomic mass is 32.2. The van der Waals surface area contributed by atoms with E-state index in [0.717, 1.165) is 54.2 Å². The normalized spacial score (nSPS) is 12.5. The van der Waals surface area contributed by atoms with Crippen LogP contribution < -0.4 is 20.9 Å². The van der Waals surface area contributed by atoms with Gasteiger partial charge >= 0.3 is 17.9 Å². The topological polar surface area (TPSA) is 431 Å². The molecule has 0 fully saturated rings. The molecule has 0 spiro atoms. The second kappa shape index (κ2) is 18.0. The van der Waals surface area contributed by atoms with Crippen LogP contribution in [0.2, 0.25) is 0 Å². The third kappa shape index (κ3) is 9.60. The van der Waals surface area contributed by atoms with Crippen molar-refractivity contribution in [2.45, 2.75) is 24.7 Å². The summed E-state index contributed by atoms with van der Waals surface area (Å²) in [5, 5.41) is 23.1. The van der Waals surface area contributed by atoms with Crippen molar-refractivity contribution in [3.63, 3.8) is 0 Å². The minimum atomic E-state index is -5.64. The van der Waals surface area contributed by atoms with E-state index in [9.17, 15) is 86.1 Å². The summed E-state index contributed by atoms with van der Waals surface area (Å²) in [6, 6.07) is 12.3. The third-order valence-electron chi connectivity index (χ3n) is 10.4. The van der Waals surface area contributed by atoms with Crippen LogP contribution in [0.3, 0.4) is 0 Å². The second-order valence-corrected chi connectivity index (χ2v) is 21.2. The van der Waals surface area contributed by atoms with Gasteiger partial charge < -0.3 is 30.6 Å². The van der Waals surface area contributed by atoms with E-state index in [0.29, 0.717) is 12.1 Å². The van der Waals surface area contributed by atoms with Gasteiger partial charge in [-0.15, -0.1) is 0 Å². The molecule has 0 radical (unpaired) electrons. The molecule has 1 aliphatic rings. The number of carboxylic acids is 2. The molecule has 7 aromatic rings. The molecule has 8 rings (SSSR count). The van der Waals surface area contributed by atoms with Crippen LogP contribution >= 0.6 is 11.8 Å². The molecule has 2 aromatic heterocycles. The van der Waals surface area contributed by atoms with E-state index in [1.165, 1.54) is 30.5 Å². The monoisotopic (exact) mass is 1080 g/mol. The van der Waals surface area contributed by atoms with Crippen LogP contribution in [0.5, 0.6) is 11.8 Å². The fourth-order valence-electron chi connectivity index (χ4n) is 7.44. The number of thioether (sulfide) groups is 1. The average molecular weight is 1080 g/mol.